The van der Waals surface area contributed by atoms with Crippen molar-refractivity contribution in [1.29, 1.82) is 0 Å². The van der Waals surface area contributed by atoms with Crippen molar-refractivity contribution in [1.82, 2.24) is 4.90 Å². The summed E-state index contributed by atoms with van der Waals surface area (Å²) in [5.74, 6) is -0.330. The maximum atomic E-state index is 12.9. The molecule has 23 heavy (non-hydrogen) atoms. The topological polar surface area (TPSA) is 75.4 Å². The molecule has 5 nitrogen and oxygen atoms in total. The van der Waals surface area contributed by atoms with Gasteiger partial charge < -0.3 is 16.0 Å². The zero-order valence-electron chi connectivity index (χ0n) is 12.5. The highest BCUT2D eigenvalue weighted by atomic mass is 16.2. The molecule has 2 atom stereocenters. The van der Waals surface area contributed by atoms with Gasteiger partial charge in [-0.1, -0.05) is 36.4 Å². The number of rotatable bonds is 1. The van der Waals surface area contributed by atoms with Crippen molar-refractivity contribution in [3.8, 4) is 11.1 Å². The molecule has 1 fully saturated rings. The van der Waals surface area contributed by atoms with Crippen molar-refractivity contribution in [2.75, 3.05) is 11.9 Å². The summed E-state index contributed by atoms with van der Waals surface area (Å²) in [6.07, 6.45) is 0.650. The third kappa shape index (κ3) is 2.21. The number of hydrogen-bond donors (Lipinski definition) is 2. The van der Waals surface area contributed by atoms with E-state index in [0.717, 1.165) is 11.1 Å². The summed E-state index contributed by atoms with van der Waals surface area (Å²) >= 11 is 0. The van der Waals surface area contributed by atoms with Crippen LogP contribution in [0.1, 0.15) is 16.8 Å². The predicted molar refractivity (Wildman–Crippen MR) is 87.9 cm³/mol. The Bertz CT molecular complexity index is 788. The Hall–Kier alpha value is -2.66. The highest BCUT2D eigenvalue weighted by Crippen LogP contribution is 2.31. The first-order chi connectivity index (χ1) is 11.1. The number of anilines is 1. The molecule has 0 spiro atoms. The minimum absolute atomic E-state index is 0.130. The van der Waals surface area contributed by atoms with Crippen LogP contribution in [0, 0.1) is 0 Å². The molecule has 0 radical (unpaired) electrons. The van der Waals surface area contributed by atoms with E-state index >= 15 is 0 Å². The number of carbonyl (C=O) groups excluding carboxylic acids is 2. The third-order valence-corrected chi connectivity index (χ3v) is 4.59. The monoisotopic (exact) mass is 307 g/mol. The Labute approximate surface area is 134 Å². The van der Waals surface area contributed by atoms with Crippen LogP contribution in [0.5, 0.6) is 0 Å². The van der Waals surface area contributed by atoms with Gasteiger partial charge in [0.15, 0.2) is 0 Å². The Kier molecular flexibility index (Phi) is 3.16. The largest absolute Gasteiger partial charge is 0.325 e. The molecule has 2 aliphatic rings. The lowest BCUT2D eigenvalue weighted by atomic mass is 10.0. The molecule has 0 aliphatic carbocycles. The normalized spacial score (nSPS) is 23.1. The van der Waals surface area contributed by atoms with E-state index in [2.05, 4.69) is 5.32 Å². The fourth-order valence-electron chi connectivity index (χ4n) is 3.38. The van der Waals surface area contributed by atoms with Crippen LogP contribution < -0.4 is 11.1 Å². The van der Waals surface area contributed by atoms with E-state index in [1.165, 1.54) is 0 Å². The quantitative estimate of drug-likeness (QED) is 0.844. The third-order valence-electron chi connectivity index (χ3n) is 4.59. The fraction of sp³-hybridized carbons (Fsp3) is 0.222. The van der Waals surface area contributed by atoms with Crippen LogP contribution >= 0.6 is 0 Å². The van der Waals surface area contributed by atoms with Crippen LogP contribution in [0.3, 0.4) is 0 Å². The van der Waals surface area contributed by atoms with Crippen molar-refractivity contribution in [2.45, 2.75) is 18.5 Å². The molecule has 116 valence electrons. The second kappa shape index (κ2) is 5.21. The maximum Gasteiger partial charge on any atom is 0.256 e. The van der Waals surface area contributed by atoms with Gasteiger partial charge in [0.05, 0.1) is 11.3 Å². The molecule has 4 rings (SSSR count). The van der Waals surface area contributed by atoms with Crippen molar-refractivity contribution < 1.29 is 9.59 Å². The van der Waals surface area contributed by atoms with Crippen LogP contribution in [-0.2, 0) is 4.79 Å². The fourth-order valence-corrected chi connectivity index (χ4v) is 3.38. The average molecular weight is 307 g/mol. The van der Waals surface area contributed by atoms with E-state index in [9.17, 15) is 9.59 Å². The summed E-state index contributed by atoms with van der Waals surface area (Å²) in [5, 5.41) is 2.85. The number of carbonyl (C=O) groups is 2. The number of fused-ring (bicyclic) bond motifs is 2. The van der Waals surface area contributed by atoms with Crippen molar-refractivity contribution in [3.63, 3.8) is 0 Å². The molecule has 2 aliphatic heterocycles. The summed E-state index contributed by atoms with van der Waals surface area (Å²) in [5.41, 5.74) is 9.08. The molecule has 0 aromatic heterocycles. The summed E-state index contributed by atoms with van der Waals surface area (Å²) < 4.78 is 0. The molecule has 5 heteroatoms. The highest BCUT2D eigenvalue weighted by molar-refractivity contribution is 6.11. The van der Waals surface area contributed by atoms with Gasteiger partial charge in [-0.25, -0.2) is 0 Å². The molecule has 2 aromatic rings. The van der Waals surface area contributed by atoms with E-state index < -0.39 is 6.04 Å². The molecule has 0 saturated carbocycles. The standard InChI is InChI=1S/C18H17N3O2/c19-14-8-9-21-16(14)17(22)20-15-7-6-12(10-13(15)18(21)23)11-4-2-1-3-5-11/h1-7,10,14,16H,8-9,19H2,(H,20,22). The van der Waals surface area contributed by atoms with E-state index in [1.807, 2.05) is 42.5 Å². The number of hydrogen-bond acceptors (Lipinski definition) is 3. The number of nitrogens with two attached hydrogens (primary N) is 1. The lowest BCUT2D eigenvalue weighted by Crippen LogP contribution is -2.48. The van der Waals surface area contributed by atoms with E-state index in [1.54, 1.807) is 11.0 Å². The van der Waals surface area contributed by atoms with Crippen LogP contribution in [0.15, 0.2) is 48.5 Å². The average Bonchev–Trinajstić information content (AvgIpc) is 2.92. The first-order valence-electron chi connectivity index (χ1n) is 7.72. The summed E-state index contributed by atoms with van der Waals surface area (Å²) in [6, 6.07) is 14.5. The van der Waals surface area contributed by atoms with Crippen molar-refractivity contribution in [3.05, 3.63) is 54.1 Å². The maximum absolute atomic E-state index is 12.9. The first kappa shape index (κ1) is 14.0. The minimum Gasteiger partial charge on any atom is -0.325 e. The van der Waals surface area contributed by atoms with Gasteiger partial charge in [0.2, 0.25) is 5.91 Å². The summed E-state index contributed by atoms with van der Waals surface area (Å²) in [7, 11) is 0. The van der Waals surface area contributed by atoms with E-state index in [4.69, 9.17) is 5.73 Å². The van der Waals surface area contributed by atoms with Gasteiger partial charge in [0, 0.05) is 12.6 Å². The van der Waals surface area contributed by atoms with Gasteiger partial charge in [-0.3, -0.25) is 9.59 Å². The Morgan fingerprint density at radius 1 is 1.04 bits per heavy atom. The molecular weight excluding hydrogens is 290 g/mol. The number of nitrogens with one attached hydrogen (secondary N) is 1. The minimum atomic E-state index is -0.574. The molecule has 3 N–H and O–H groups in total. The van der Waals surface area contributed by atoms with Gasteiger partial charge >= 0.3 is 0 Å². The van der Waals surface area contributed by atoms with Gasteiger partial charge in [-0.2, -0.15) is 0 Å². The zero-order chi connectivity index (χ0) is 16.0. The SMILES string of the molecule is NC1CCN2C(=O)c3cc(-c4ccccc4)ccc3NC(=O)C12. The Morgan fingerprint density at radius 3 is 2.61 bits per heavy atom. The van der Waals surface area contributed by atoms with Gasteiger partial charge in [0.25, 0.3) is 5.91 Å². The molecule has 1 saturated heterocycles. The van der Waals surface area contributed by atoms with Crippen LogP contribution in [0.25, 0.3) is 11.1 Å². The van der Waals surface area contributed by atoms with Gasteiger partial charge in [0.1, 0.15) is 6.04 Å². The summed E-state index contributed by atoms with van der Waals surface area (Å²) in [6.45, 7) is 0.521. The Morgan fingerprint density at radius 2 is 1.83 bits per heavy atom. The molecule has 2 unspecified atom stereocenters. The first-order valence-corrected chi connectivity index (χ1v) is 7.72. The van der Waals surface area contributed by atoms with Crippen LogP contribution in [0.2, 0.25) is 0 Å². The lowest BCUT2D eigenvalue weighted by molar-refractivity contribution is -0.119. The molecular formula is C18H17N3O2. The highest BCUT2D eigenvalue weighted by Gasteiger charge is 2.43. The number of amides is 2. The van der Waals surface area contributed by atoms with Gasteiger partial charge in [-0.15, -0.1) is 0 Å². The van der Waals surface area contributed by atoms with Gasteiger partial charge in [-0.05, 0) is 29.7 Å². The van der Waals surface area contributed by atoms with Crippen LogP contribution in [-0.4, -0.2) is 35.3 Å². The second-order valence-electron chi connectivity index (χ2n) is 6.01. The molecule has 2 amide bonds. The van der Waals surface area contributed by atoms with Crippen molar-refractivity contribution >= 4 is 17.5 Å². The van der Waals surface area contributed by atoms with Crippen LogP contribution in [0.4, 0.5) is 5.69 Å². The predicted octanol–water partition coefficient (Wildman–Crippen LogP) is 1.85. The molecule has 2 heterocycles. The number of nitrogens with zero attached hydrogens (tertiary/aromatic N) is 1. The zero-order valence-corrected chi connectivity index (χ0v) is 12.5. The summed E-state index contributed by atoms with van der Waals surface area (Å²) in [4.78, 5) is 26.9. The lowest BCUT2D eigenvalue weighted by Gasteiger charge is -2.22. The second-order valence-corrected chi connectivity index (χ2v) is 6.01. The number of benzene rings is 2. The Balaban J connectivity index is 1.80. The smallest absolute Gasteiger partial charge is 0.256 e. The van der Waals surface area contributed by atoms with E-state index in [0.29, 0.717) is 24.2 Å². The molecule has 2 aromatic carbocycles. The molecule has 0 bridgehead atoms. The van der Waals surface area contributed by atoms with Crippen molar-refractivity contribution in [2.24, 2.45) is 5.73 Å². The van der Waals surface area contributed by atoms with E-state index in [-0.39, 0.29) is 17.9 Å².